The highest BCUT2D eigenvalue weighted by atomic mass is 79.9. The number of esters is 1. The Morgan fingerprint density at radius 1 is 1.33 bits per heavy atom. The molecule has 7 heteroatoms. The topological polar surface area (TPSA) is 67.0 Å². The number of hydrogen-bond acceptors (Lipinski definition) is 4. The lowest BCUT2D eigenvalue weighted by molar-refractivity contribution is 0.0526. The molecule has 0 aliphatic rings. The van der Waals surface area contributed by atoms with Gasteiger partial charge >= 0.3 is 5.97 Å². The highest BCUT2D eigenvalue weighted by molar-refractivity contribution is 9.10. The molecule has 1 aromatic heterocycles. The van der Waals surface area contributed by atoms with Gasteiger partial charge in [0.15, 0.2) is 0 Å². The second-order valence-electron chi connectivity index (χ2n) is 5.14. The van der Waals surface area contributed by atoms with Crippen molar-refractivity contribution in [2.75, 3.05) is 11.9 Å². The summed E-state index contributed by atoms with van der Waals surface area (Å²) in [5, 5.41) is 3.14. The first-order chi connectivity index (χ1) is 11.6. The van der Waals surface area contributed by atoms with Gasteiger partial charge in [-0.25, -0.2) is 14.2 Å². The van der Waals surface area contributed by atoms with E-state index in [1.54, 1.807) is 37.3 Å². The molecule has 0 fully saturated rings. The maximum atomic E-state index is 13.2. The molecule has 0 atom stereocenters. The molecule has 1 heterocycles. The standard InChI is InChI=1S/C17H15BrFN3O2/c1-2-24-16(23)11-4-6-14-15(8-11)22-17(21-14)20-9-10-3-5-13(19)12(18)7-10/h3-8H,2,9H2,1H3,(H2,20,21,22). The Hall–Kier alpha value is -2.41. The number of fused-ring (bicyclic) bond motifs is 1. The fourth-order valence-corrected chi connectivity index (χ4v) is 2.70. The number of benzene rings is 2. The Morgan fingerprint density at radius 3 is 2.92 bits per heavy atom. The number of nitrogens with one attached hydrogen (secondary N) is 2. The fraction of sp³-hybridized carbons (Fsp3) is 0.176. The third kappa shape index (κ3) is 3.56. The zero-order valence-corrected chi connectivity index (χ0v) is 14.5. The Morgan fingerprint density at radius 2 is 2.17 bits per heavy atom. The van der Waals surface area contributed by atoms with Gasteiger partial charge in [-0.1, -0.05) is 6.07 Å². The number of carbonyl (C=O) groups is 1. The first kappa shape index (κ1) is 16.4. The minimum Gasteiger partial charge on any atom is -0.462 e. The molecule has 2 aromatic carbocycles. The summed E-state index contributed by atoms with van der Waals surface area (Å²) in [6, 6.07) is 9.98. The van der Waals surface area contributed by atoms with Gasteiger partial charge in [0.05, 0.1) is 27.7 Å². The first-order valence-corrected chi connectivity index (χ1v) is 8.21. The van der Waals surface area contributed by atoms with E-state index in [2.05, 4.69) is 31.2 Å². The van der Waals surface area contributed by atoms with E-state index >= 15 is 0 Å². The van der Waals surface area contributed by atoms with Crippen LogP contribution in [0.4, 0.5) is 10.3 Å². The molecule has 24 heavy (non-hydrogen) atoms. The second-order valence-corrected chi connectivity index (χ2v) is 5.99. The quantitative estimate of drug-likeness (QED) is 0.637. The summed E-state index contributed by atoms with van der Waals surface area (Å²) in [6.07, 6.45) is 0. The van der Waals surface area contributed by atoms with Crippen molar-refractivity contribution >= 4 is 38.9 Å². The number of anilines is 1. The van der Waals surface area contributed by atoms with E-state index in [-0.39, 0.29) is 11.8 Å². The zero-order valence-electron chi connectivity index (χ0n) is 12.9. The molecule has 0 saturated carbocycles. The Bertz CT molecular complexity index is 895. The lowest BCUT2D eigenvalue weighted by Gasteiger charge is -2.04. The van der Waals surface area contributed by atoms with Crippen LogP contribution >= 0.6 is 15.9 Å². The molecule has 0 aliphatic carbocycles. The van der Waals surface area contributed by atoms with Gasteiger partial charge in [-0.15, -0.1) is 0 Å². The number of aromatic nitrogens is 2. The van der Waals surface area contributed by atoms with Crippen molar-refractivity contribution in [2.24, 2.45) is 0 Å². The Kier molecular flexibility index (Phi) is 4.80. The van der Waals surface area contributed by atoms with Crippen LogP contribution in [0.2, 0.25) is 0 Å². The van der Waals surface area contributed by atoms with Crippen LogP contribution in [-0.2, 0) is 11.3 Å². The lowest BCUT2D eigenvalue weighted by Crippen LogP contribution is -2.04. The van der Waals surface area contributed by atoms with Crippen molar-refractivity contribution in [1.29, 1.82) is 0 Å². The van der Waals surface area contributed by atoms with Crippen LogP contribution in [0.15, 0.2) is 40.9 Å². The molecule has 124 valence electrons. The molecule has 0 bridgehead atoms. The number of halogens is 2. The van der Waals surface area contributed by atoms with Crippen LogP contribution in [0, 0.1) is 5.82 Å². The minimum absolute atomic E-state index is 0.297. The van der Waals surface area contributed by atoms with E-state index in [4.69, 9.17) is 4.74 Å². The average Bonchev–Trinajstić information content (AvgIpc) is 2.98. The Balaban J connectivity index is 1.75. The van der Waals surface area contributed by atoms with E-state index in [0.29, 0.717) is 29.1 Å². The third-order valence-electron chi connectivity index (χ3n) is 3.44. The highest BCUT2D eigenvalue weighted by Crippen LogP contribution is 2.19. The number of nitrogens with zero attached hydrogens (tertiary/aromatic N) is 1. The maximum absolute atomic E-state index is 13.2. The van der Waals surface area contributed by atoms with Gasteiger partial charge in [-0.05, 0) is 58.7 Å². The lowest BCUT2D eigenvalue weighted by atomic mass is 10.2. The predicted octanol–water partition coefficient (Wildman–Crippen LogP) is 4.25. The van der Waals surface area contributed by atoms with E-state index in [9.17, 15) is 9.18 Å². The Labute approximate surface area is 146 Å². The number of carbonyl (C=O) groups excluding carboxylic acids is 1. The van der Waals surface area contributed by atoms with Crippen molar-refractivity contribution < 1.29 is 13.9 Å². The van der Waals surface area contributed by atoms with Crippen molar-refractivity contribution in [3.05, 3.63) is 57.8 Å². The number of rotatable bonds is 5. The molecular weight excluding hydrogens is 377 g/mol. The van der Waals surface area contributed by atoms with E-state index in [1.165, 1.54) is 6.07 Å². The van der Waals surface area contributed by atoms with E-state index < -0.39 is 0 Å². The zero-order chi connectivity index (χ0) is 17.1. The van der Waals surface area contributed by atoms with Crippen molar-refractivity contribution in [3.8, 4) is 0 Å². The molecule has 2 N–H and O–H groups in total. The van der Waals surface area contributed by atoms with Crippen LogP contribution in [-0.4, -0.2) is 22.5 Å². The number of imidazole rings is 1. The van der Waals surface area contributed by atoms with Gasteiger partial charge in [0.25, 0.3) is 0 Å². The molecule has 0 saturated heterocycles. The van der Waals surface area contributed by atoms with Gasteiger partial charge in [-0.2, -0.15) is 0 Å². The summed E-state index contributed by atoms with van der Waals surface area (Å²) < 4.78 is 18.6. The molecule has 0 spiro atoms. The van der Waals surface area contributed by atoms with Crippen molar-refractivity contribution in [1.82, 2.24) is 9.97 Å². The van der Waals surface area contributed by atoms with Gasteiger partial charge < -0.3 is 15.0 Å². The largest absolute Gasteiger partial charge is 0.462 e. The van der Waals surface area contributed by atoms with Crippen LogP contribution in [0.3, 0.4) is 0 Å². The summed E-state index contributed by atoms with van der Waals surface area (Å²) in [5.41, 5.74) is 2.87. The molecule has 3 rings (SSSR count). The predicted molar refractivity (Wildman–Crippen MR) is 93.5 cm³/mol. The van der Waals surface area contributed by atoms with Gasteiger partial charge in [0.1, 0.15) is 5.82 Å². The highest BCUT2D eigenvalue weighted by Gasteiger charge is 2.10. The van der Waals surface area contributed by atoms with E-state index in [0.717, 1.165) is 16.6 Å². The summed E-state index contributed by atoms with van der Waals surface area (Å²) in [4.78, 5) is 19.3. The summed E-state index contributed by atoms with van der Waals surface area (Å²) in [5.74, 6) is -0.0832. The van der Waals surface area contributed by atoms with Gasteiger partial charge in [0.2, 0.25) is 5.95 Å². The van der Waals surface area contributed by atoms with E-state index in [1.807, 2.05) is 0 Å². The molecular formula is C17H15BrFN3O2. The van der Waals surface area contributed by atoms with Crippen molar-refractivity contribution in [2.45, 2.75) is 13.5 Å². The normalized spacial score (nSPS) is 10.8. The molecule has 0 amide bonds. The van der Waals surface area contributed by atoms with Crippen LogP contribution < -0.4 is 5.32 Å². The van der Waals surface area contributed by atoms with Gasteiger partial charge in [0, 0.05) is 6.54 Å². The third-order valence-corrected chi connectivity index (χ3v) is 4.04. The summed E-state index contributed by atoms with van der Waals surface area (Å²) >= 11 is 3.16. The number of ether oxygens (including phenoxy) is 1. The first-order valence-electron chi connectivity index (χ1n) is 7.41. The van der Waals surface area contributed by atoms with Gasteiger partial charge in [-0.3, -0.25) is 0 Å². The molecule has 3 aromatic rings. The number of H-pyrrole nitrogens is 1. The van der Waals surface area contributed by atoms with Crippen molar-refractivity contribution in [3.63, 3.8) is 0 Å². The average molecular weight is 392 g/mol. The molecule has 5 nitrogen and oxygen atoms in total. The molecule has 0 unspecified atom stereocenters. The van der Waals surface area contributed by atoms with Crippen LogP contribution in [0.1, 0.15) is 22.8 Å². The maximum Gasteiger partial charge on any atom is 0.338 e. The monoisotopic (exact) mass is 391 g/mol. The number of aromatic amines is 1. The fourth-order valence-electron chi connectivity index (χ4n) is 2.27. The van der Waals surface area contributed by atoms with Crippen LogP contribution in [0.25, 0.3) is 11.0 Å². The smallest absolute Gasteiger partial charge is 0.338 e. The second kappa shape index (κ2) is 7.00. The van der Waals surface area contributed by atoms with Crippen LogP contribution in [0.5, 0.6) is 0 Å². The molecule has 0 radical (unpaired) electrons. The minimum atomic E-state index is -0.361. The number of hydrogen-bond donors (Lipinski definition) is 2. The SMILES string of the molecule is CCOC(=O)c1ccc2nc(NCc3ccc(F)c(Br)c3)[nH]c2c1. The summed E-state index contributed by atoms with van der Waals surface area (Å²) in [7, 11) is 0. The summed E-state index contributed by atoms with van der Waals surface area (Å²) in [6.45, 7) is 2.59. The molecule has 0 aliphatic heterocycles.